The molecule has 2 heterocycles. The zero-order chi connectivity index (χ0) is 13.3. The SMILES string of the molecule is C[C@@H](O)[C@H](N)C(=O)N1CCC2(C1)N[C@H](C#N)CS2. The first-order chi connectivity index (χ1) is 8.47. The van der Waals surface area contributed by atoms with Gasteiger partial charge in [-0.25, -0.2) is 0 Å². The van der Waals surface area contributed by atoms with Crippen molar-refractivity contribution in [2.24, 2.45) is 5.73 Å². The highest BCUT2D eigenvalue weighted by Crippen LogP contribution is 2.38. The van der Waals surface area contributed by atoms with Crippen LogP contribution in [-0.2, 0) is 4.79 Å². The van der Waals surface area contributed by atoms with Gasteiger partial charge in [0.25, 0.3) is 0 Å². The van der Waals surface area contributed by atoms with E-state index in [4.69, 9.17) is 11.0 Å². The van der Waals surface area contributed by atoms with Gasteiger partial charge in [-0.05, 0) is 13.3 Å². The fraction of sp³-hybridized carbons (Fsp3) is 0.818. The van der Waals surface area contributed by atoms with Gasteiger partial charge in [-0.1, -0.05) is 0 Å². The van der Waals surface area contributed by atoms with E-state index in [-0.39, 0.29) is 16.8 Å². The lowest BCUT2D eigenvalue weighted by atomic mass is 10.2. The molecule has 0 aromatic rings. The monoisotopic (exact) mass is 270 g/mol. The van der Waals surface area contributed by atoms with Gasteiger partial charge in [0.2, 0.25) is 5.91 Å². The summed E-state index contributed by atoms with van der Waals surface area (Å²) >= 11 is 1.70. The summed E-state index contributed by atoms with van der Waals surface area (Å²) < 4.78 is 0. The van der Waals surface area contributed by atoms with Crippen LogP contribution in [0.15, 0.2) is 0 Å². The van der Waals surface area contributed by atoms with Gasteiger partial charge in [-0.3, -0.25) is 10.1 Å². The summed E-state index contributed by atoms with van der Waals surface area (Å²) in [4.78, 5) is 13.5. The van der Waals surface area contributed by atoms with Crippen molar-refractivity contribution in [1.82, 2.24) is 10.2 Å². The second-order valence-corrected chi connectivity index (χ2v) is 6.31. The quantitative estimate of drug-likeness (QED) is 0.586. The molecule has 0 aromatic heterocycles. The second kappa shape index (κ2) is 5.05. The average molecular weight is 270 g/mol. The lowest BCUT2D eigenvalue weighted by Crippen LogP contribution is -2.50. The number of nitrogens with one attached hydrogen (secondary N) is 1. The first-order valence-electron chi connectivity index (χ1n) is 6.01. The van der Waals surface area contributed by atoms with Crippen molar-refractivity contribution < 1.29 is 9.90 Å². The van der Waals surface area contributed by atoms with E-state index in [1.165, 1.54) is 6.92 Å². The lowest BCUT2D eigenvalue weighted by Gasteiger charge is -2.26. The highest BCUT2D eigenvalue weighted by atomic mass is 32.2. The molecule has 0 saturated carbocycles. The standard InChI is InChI=1S/C11H18N4O2S/c1-7(16)9(13)10(17)15-3-2-11(6-15)14-8(4-12)5-18-11/h7-9,14,16H,2-3,5-6,13H2,1H3/t7-,8-,9+,11?/m1/s1. The topological polar surface area (TPSA) is 102 Å². The molecule has 2 aliphatic heterocycles. The molecule has 1 amide bonds. The molecule has 4 N–H and O–H groups in total. The van der Waals surface area contributed by atoms with Crippen molar-refractivity contribution in [3.8, 4) is 6.07 Å². The molecule has 2 saturated heterocycles. The molecule has 6 nitrogen and oxygen atoms in total. The molecular formula is C11H18N4O2S. The molecule has 2 aliphatic rings. The Balaban J connectivity index is 1.97. The fourth-order valence-electron chi connectivity index (χ4n) is 2.34. The molecule has 0 bridgehead atoms. The first-order valence-corrected chi connectivity index (χ1v) is 7.00. The van der Waals surface area contributed by atoms with E-state index in [9.17, 15) is 9.90 Å². The Morgan fingerprint density at radius 1 is 1.78 bits per heavy atom. The number of nitriles is 1. The number of amides is 1. The minimum atomic E-state index is -0.863. The van der Waals surface area contributed by atoms with E-state index in [1.54, 1.807) is 16.7 Å². The van der Waals surface area contributed by atoms with Crippen LogP contribution in [0.4, 0.5) is 0 Å². The minimum Gasteiger partial charge on any atom is -0.391 e. The molecule has 0 radical (unpaired) electrons. The summed E-state index contributed by atoms with van der Waals surface area (Å²) in [6.45, 7) is 2.69. The maximum atomic E-state index is 12.0. The summed E-state index contributed by atoms with van der Waals surface area (Å²) in [6, 6.07) is 1.19. The van der Waals surface area contributed by atoms with Crippen LogP contribution < -0.4 is 11.1 Å². The maximum Gasteiger partial charge on any atom is 0.242 e. The Hall–Kier alpha value is -0.810. The average Bonchev–Trinajstić information content (AvgIpc) is 2.95. The molecule has 18 heavy (non-hydrogen) atoms. The summed E-state index contributed by atoms with van der Waals surface area (Å²) in [5, 5.41) is 21.5. The molecule has 7 heteroatoms. The van der Waals surface area contributed by atoms with Crippen molar-refractivity contribution in [3.63, 3.8) is 0 Å². The van der Waals surface area contributed by atoms with Crippen LogP contribution >= 0.6 is 11.8 Å². The normalized spacial score (nSPS) is 34.6. The van der Waals surface area contributed by atoms with Gasteiger partial charge >= 0.3 is 0 Å². The third-order valence-electron chi connectivity index (χ3n) is 3.47. The molecule has 2 rings (SSSR count). The zero-order valence-corrected chi connectivity index (χ0v) is 11.1. The Kier molecular flexibility index (Phi) is 3.82. The zero-order valence-electron chi connectivity index (χ0n) is 10.3. The van der Waals surface area contributed by atoms with E-state index in [0.717, 1.165) is 12.2 Å². The van der Waals surface area contributed by atoms with Gasteiger partial charge in [-0.15, -0.1) is 11.8 Å². The molecular weight excluding hydrogens is 252 g/mol. The number of hydrogen-bond acceptors (Lipinski definition) is 6. The van der Waals surface area contributed by atoms with Gasteiger partial charge in [0.1, 0.15) is 12.1 Å². The Labute approximate surface area is 110 Å². The number of aliphatic hydroxyl groups excluding tert-OH is 1. The molecule has 0 aliphatic carbocycles. The van der Waals surface area contributed by atoms with Crippen LogP contribution in [0.25, 0.3) is 0 Å². The van der Waals surface area contributed by atoms with E-state index in [0.29, 0.717) is 13.1 Å². The van der Waals surface area contributed by atoms with Crippen LogP contribution in [0.1, 0.15) is 13.3 Å². The van der Waals surface area contributed by atoms with Crippen LogP contribution in [0.2, 0.25) is 0 Å². The first kappa shape index (κ1) is 13.6. The van der Waals surface area contributed by atoms with E-state index in [2.05, 4.69) is 11.4 Å². The van der Waals surface area contributed by atoms with Crippen LogP contribution in [-0.4, -0.2) is 57.8 Å². The smallest absolute Gasteiger partial charge is 0.242 e. The van der Waals surface area contributed by atoms with Gasteiger partial charge in [0, 0.05) is 18.8 Å². The number of carbonyl (C=O) groups is 1. The van der Waals surface area contributed by atoms with Gasteiger partial charge in [0.15, 0.2) is 0 Å². The summed E-state index contributed by atoms with van der Waals surface area (Å²) in [6.07, 6.45) is -0.0289. The van der Waals surface area contributed by atoms with E-state index >= 15 is 0 Å². The third kappa shape index (κ3) is 2.47. The Morgan fingerprint density at radius 2 is 2.50 bits per heavy atom. The van der Waals surface area contributed by atoms with E-state index < -0.39 is 12.1 Å². The highest BCUT2D eigenvalue weighted by Gasteiger charge is 2.46. The number of carbonyl (C=O) groups excluding carboxylic acids is 1. The second-order valence-electron chi connectivity index (χ2n) is 4.91. The number of nitrogens with zero attached hydrogens (tertiary/aromatic N) is 2. The number of likely N-dealkylation sites (tertiary alicyclic amines) is 1. The molecule has 1 unspecified atom stereocenters. The largest absolute Gasteiger partial charge is 0.391 e. The molecule has 1 spiro atoms. The summed E-state index contributed by atoms with van der Waals surface area (Å²) in [5.74, 6) is 0.533. The van der Waals surface area contributed by atoms with Crippen LogP contribution in [0.3, 0.4) is 0 Å². The highest BCUT2D eigenvalue weighted by molar-refractivity contribution is 8.01. The Morgan fingerprint density at radius 3 is 3.06 bits per heavy atom. The van der Waals surface area contributed by atoms with Gasteiger partial charge in [-0.2, -0.15) is 5.26 Å². The van der Waals surface area contributed by atoms with Gasteiger partial charge in [0.05, 0.1) is 17.0 Å². The fourth-order valence-corrected chi connectivity index (χ4v) is 3.69. The Bertz CT molecular complexity index is 384. The molecule has 0 aromatic carbocycles. The minimum absolute atomic E-state index is 0.143. The van der Waals surface area contributed by atoms with Crippen LogP contribution in [0.5, 0.6) is 0 Å². The predicted molar refractivity (Wildman–Crippen MR) is 68.6 cm³/mol. The van der Waals surface area contributed by atoms with Crippen molar-refractivity contribution in [3.05, 3.63) is 0 Å². The van der Waals surface area contributed by atoms with Crippen molar-refractivity contribution in [1.29, 1.82) is 5.26 Å². The molecule has 4 atom stereocenters. The molecule has 100 valence electrons. The van der Waals surface area contributed by atoms with Crippen molar-refractivity contribution in [2.45, 2.75) is 36.4 Å². The third-order valence-corrected chi connectivity index (χ3v) is 4.97. The van der Waals surface area contributed by atoms with Crippen molar-refractivity contribution >= 4 is 17.7 Å². The number of rotatable bonds is 2. The van der Waals surface area contributed by atoms with Crippen LogP contribution in [0, 0.1) is 11.3 Å². The number of hydrogen-bond donors (Lipinski definition) is 3. The number of nitrogens with two attached hydrogens (primary N) is 1. The maximum absolute atomic E-state index is 12.0. The van der Waals surface area contributed by atoms with Gasteiger partial charge < -0.3 is 15.7 Å². The summed E-state index contributed by atoms with van der Waals surface area (Å²) in [7, 11) is 0. The lowest BCUT2D eigenvalue weighted by molar-refractivity contribution is -0.133. The summed E-state index contributed by atoms with van der Waals surface area (Å²) in [5.41, 5.74) is 5.66. The van der Waals surface area contributed by atoms with Crippen molar-refractivity contribution in [2.75, 3.05) is 18.8 Å². The number of thioether (sulfide) groups is 1. The molecule has 2 fully saturated rings. The predicted octanol–water partition coefficient (Wildman–Crippen LogP) is -1.15. The number of aliphatic hydroxyl groups is 1. The van der Waals surface area contributed by atoms with E-state index in [1.807, 2.05) is 0 Å².